The lowest BCUT2D eigenvalue weighted by atomic mass is 10.1. The summed E-state index contributed by atoms with van der Waals surface area (Å²) in [6, 6.07) is 3.99. The number of ether oxygens (including phenoxy) is 2. The first kappa shape index (κ1) is 18.1. The minimum Gasteiger partial charge on any atom is -0.452 e. The number of carbonyl (C=O) groups is 2. The second kappa shape index (κ2) is 8.45. The van der Waals surface area contributed by atoms with Gasteiger partial charge >= 0.3 is 5.97 Å². The van der Waals surface area contributed by atoms with Crippen molar-refractivity contribution >= 4 is 11.8 Å². The maximum absolute atomic E-state index is 11.9. The van der Waals surface area contributed by atoms with Crippen molar-refractivity contribution in [2.45, 2.75) is 13.5 Å². The van der Waals surface area contributed by atoms with E-state index >= 15 is 0 Å². The topological polar surface area (TPSA) is 137 Å². The Balaban J connectivity index is 2.80. The van der Waals surface area contributed by atoms with Crippen LogP contribution >= 0.6 is 0 Å². The average Bonchev–Trinajstić information content (AvgIpc) is 2.52. The minimum atomic E-state index is -0.892. The van der Waals surface area contributed by atoms with E-state index in [9.17, 15) is 14.4 Å². The van der Waals surface area contributed by atoms with E-state index in [0.29, 0.717) is 0 Å². The number of hydrogen-bond acceptors (Lipinski definition) is 8. The molecule has 0 unspecified atom stereocenters. The summed E-state index contributed by atoms with van der Waals surface area (Å²) < 4.78 is 10.7. The zero-order chi connectivity index (χ0) is 17.4. The Hall–Kier alpha value is -2.99. The summed E-state index contributed by atoms with van der Waals surface area (Å²) in [7, 11) is 1.47. The van der Waals surface area contributed by atoms with Gasteiger partial charge in [0.25, 0.3) is 5.56 Å². The Kier molecular flexibility index (Phi) is 6.64. The van der Waals surface area contributed by atoms with Gasteiger partial charge in [0.2, 0.25) is 5.78 Å². The van der Waals surface area contributed by atoms with Crippen molar-refractivity contribution in [1.29, 1.82) is 5.26 Å². The fourth-order valence-corrected chi connectivity index (χ4v) is 1.54. The van der Waals surface area contributed by atoms with Crippen molar-refractivity contribution in [2.24, 2.45) is 5.73 Å². The van der Waals surface area contributed by atoms with Crippen LogP contribution in [0.1, 0.15) is 17.4 Å². The molecule has 1 aromatic heterocycles. The molecule has 0 amide bonds. The molecule has 0 atom stereocenters. The van der Waals surface area contributed by atoms with E-state index in [2.05, 4.69) is 5.10 Å². The number of methoxy groups -OCH3 is 1. The van der Waals surface area contributed by atoms with E-state index in [1.165, 1.54) is 20.1 Å². The number of nitriles is 1. The molecule has 0 saturated heterocycles. The van der Waals surface area contributed by atoms with Crippen LogP contribution in [0.5, 0.6) is 0 Å². The molecule has 1 aromatic rings. The summed E-state index contributed by atoms with van der Waals surface area (Å²) in [6.45, 7) is 1.17. The Morgan fingerprint density at radius 3 is 2.70 bits per heavy atom. The summed E-state index contributed by atoms with van der Waals surface area (Å²) in [5.74, 6) is -1.61. The standard InChI is InChI=1S/C14H16N4O5/c1-9(16)10(7-15)12(19)8-23-14(21)11-3-4-13(20)18(17-11)5-6-22-2/h3-4H,5-6,8,16H2,1-2H3/b10-9-. The lowest BCUT2D eigenvalue weighted by molar-refractivity contribution is -0.118. The Labute approximate surface area is 131 Å². The summed E-state index contributed by atoms with van der Waals surface area (Å²) in [5.41, 5.74) is 4.62. The van der Waals surface area contributed by atoms with Crippen molar-refractivity contribution in [1.82, 2.24) is 9.78 Å². The van der Waals surface area contributed by atoms with E-state index in [1.807, 2.05) is 0 Å². The van der Waals surface area contributed by atoms with E-state index < -0.39 is 23.9 Å². The van der Waals surface area contributed by atoms with Gasteiger partial charge in [-0.25, -0.2) is 9.48 Å². The van der Waals surface area contributed by atoms with Crippen molar-refractivity contribution in [3.05, 3.63) is 39.5 Å². The maximum Gasteiger partial charge on any atom is 0.359 e. The zero-order valence-corrected chi connectivity index (χ0v) is 12.7. The Bertz CT molecular complexity index is 725. The molecule has 9 nitrogen and oxygen atoms in total. The molecular formula is C14H16N4O5. The van der Waals surface area contributed by atoms with Gasteiger partial charge in [-0.15, -0.1) is 0 Å². The molecule has 0 radical (unpaired) electrons. The third-order valence-corrected chi connectivity index (χ3v) is 2.70. The average molecular weight is 320 g/mol. The van der Waals surface area contributed by atoms with Gasteiger partial charge in [0.1, 0.15) is 11.6 Å². The highest BCUT2D eigenvalue weighted by molar-refractivity contribution is 6.01. The van der Waals surface area contributed by atoms with Crippen LogP contribution in [0.3, 0.4) is 0 Å². The Morgan fingerprint density at radius 2 is 2.13 bits per heavy atom. The lowest BCUT2D eigenvalue weighted by Gasteiger charge is -2.07. The number of rotatable bonds is 7. The van der Waals surface area contributed by atoms with Crippen LogP contribution in [0.15, 0.2) is 28.2 Å². The Morgan fingerprint density at radius 1 is 1.43 bits per heavy atom. The van der Waals surface area contributed by atoms with E-state index in [1.54, 1.807) is 6.07 Å². The molecule has 0 aliphatic carbocycles. The van der Waals surface area contributed by atoms with E-state index in [0.717, 1.165) is 10.7 Å². The molecule has 9 heteroatoms. The SMILES string of the molecule is COCCn1nc(C(=O)OCC(=O)/C(C#N)=C(/C)N)ccc1=O. The number of hydrogen-bond donors (Lipinski definition) is 1. The normalized spacial score (nSPS) is 11.3. The van der Waals surface area contributed by atoms with Crippen LogP contribution in [0, 0.1) is 11.3 Å². The molecule has 1 heterocycles. The van der Waals surface area contributed by atoms with Gasteiger partial charge in [-0.2, -0.15) is 10.4 Å². The fourth-order valence-electron chi connectivity index (χ4n) is 1.54. The second-order valence-electron chi connectivity index (χ2n) is 4.44. The van der Waals surface area contributed by atoms with Crippen molar-refractivity contribution in [2.75, 3.05) is 20.3 Å². The number of nitrogens with zero attached hydrogens (tertiary/aromatic N) is 3. The molecule has 0 fully saturated rings. The van der Waals surface area contributed by atoms with Crippen LogP contribution in [0.25, 0.3) is 0 Å². The molecule has 0 aromatic carbocycles. The predicted octanol–water partition coefficient (Wildman–Crippen LogP) is -0.628. The molecule has 122 valence electrons. The smallest absolute Gasteiger partial charge is 0.359 e. The maximum atomic E-state index is 11.9. The first-order chi connectivity index (χ1) is 10.9. The molecule has 1 rings (SSSR count). The lowest BCUT2D eigenvalue weighted by Crippen LogP contribution is -2.27. The van der Waals surface area contributed by atoms with E-state index in [-0.39, 0.29) is 30.1 Å². The largest absolute Gasteiger partial charge is 0.452 e. The third kappa shape index (κ3) is 5.05. The molecule has 2 N–H and O–H groups in total. The fraction of sp³-hybridized carbons (Fsp3) is 0.357. The molecule has 23 heavy (non-hydrogen) atoms. The molecule has 0 bridgehead atoms. The van der Waals surface area contributed by atoms with Gasteiger partial charge in [-0.05, 0) is 13.0 Å². The van der Waals surface area contributed by atoms with Gasteiger partial charge in [0.15, 0.2) is 12.3 Å². The van der Waals surface area contributed by atoms with Crippen LogP contribution in [0.4, 0.5) is 0 Å². The molecule has 0 spiro atoms. The number of esters is 1. The highest BCUT2D eigenvalue weighted by Gasteiger charge is 2.16. The second-order valence-corrected chi connectivity index (χ2v) is 4.44. The quantitative estimate of drug-likeness (QED) is 0.398. The van der Waals surface area contributed by atoms with Crippen molar-refractivity contribution in [3.63, 3.8) is 0 Å². The highest BCUT2D eigenvalue weighted by atomic mass is 16.5. The number of carbonyl (C=O) groups excluding carboxylic acids is 2. The van der Waals surface area contributed by atoms with Gasteiger partial charge < -0.3 is 15.2 Å². The van der Waals surface area contributed by atoms with Gasteiger partial charge in [-0.3, -0.25) is 9.59 Å². The van der Waals surface area contributed by atoms with Crippen LogP contribution < -0.4 is 11.3 Å². The molecule has 0 saturated carbocycles. The monoisotopic (exact) mass is 320 g/mol. The number of aromatic nitrogens is 2. The van der Waals surface area contributed by atoms with Gasteiger partial charge in [-0.1, -0.05) is 0 Å². The van der Waals surface area contributed by atoms with Crippen molar-refractivity contribution < 1.29 is 19.1 Å². The van der Waals surface area contributed by atoms with Crippen molar-refractivity contribution in [3.8, 4) is 6.07 Å². The van der Waals surface area contributed by atoms with Crippen LogP contribution in [-0.4, -0.2) is 41.9 Å². The minimum absolute atomic E-state index is 0.0415. The summed E-state index contributed by atoms with van der Waals surface area (Å²) in [5, 5.41) is 12.6. The zero-order valence-electron chi connectivity index (χ0n) is 12.7. The molecular weight excluding hydrogens is 304 g/mol. The first-order valence-electron chi connectivity index (χ1n) is 6.54. The van der Waals surface area contributed by atoms with Gasteiger partial charge in [0.05, 0.1) is 13.2 Å². The van der Waals surface area contributed by atoms with Gasteiger partial charge in [0, 0.05) is 18.9 Å². The van der Waals surface area contributed by atoms with Crippen LogP contribution in [0.2, 0.25) is 0 Å². The summed E-state index contributed by atoms with van der Waals surface area (Å²) in [4.78, 5) is 35.1. The third-order valence-electron chi connectivity index (χ3n) is 2.70. The number of allylic oxidation sites excluding steroid dienone is 1. The predicted molar refractivity (Wildman–Crippen MR) is 78.2 cm³/mol. The summed E-state index contributed by atoms with van der Waals surface area (Å²) >= 11 is 0. The number of Topliss-reactive ketones (excluding diaryl/α,β-unsaturated/α-hetero) is 1. The van der Waals surface area contributed by atoms with E-state index in [4.69, 9.17) is 20.5 Å². The number of nitrogens with two attached hydrogens (primary N) is 1. The molecule has 0 aliphatic rings. The molecule has 0 aliphatic heterocycles. The highest BCUT2D eigenvalue weighted by Crippen LogP contribution is 2.02. The van der Waals surface area contributed by atoms with Crippen LogP contribution in [-0.2, 0) is 20.8 Å². The number of ketones is 1. The first-order valence-corrected chi connectivity index (χ1v) is 6.54. The summed E-state index contributed by atoms with van der Waals surface area (Å²) in [6.07, 6.45) is 0.